The van der Waals surface area contributed by atoms with Crippen molar-refractivity contribution in [3.8, 4) is 5.75 Å². The number of rotatable bonds is 27. The number of unbranched alkanes of at least 4 members (excludes halogenated alkanes) is 7. The molecule has 2 aliphatic rings. The summed E-state index contributed by atoms with van der Waals surface area (Å²) < 4.78 is 54.4. The van der Waals surface area contributed by atoms with Crippen molar-refractivity contribution in [1.29, 1.82) is 0 Å². The SMILES string of the molecule is CC(C)(C)OC(=O)CNC(=O)c1ccc(S(=O)(=O)N2CCC(c3ccc(OCCNCCNC(=O)CCCCCCCCCCC(=O)N4CCN(C(=O)c5cc(Cc6n[nH]c(=O)c7ccccc67)ccc5F)CC4)cc3)CC2)cc1. The number of nitrogens with one attached hydrogen (secondary N) is 4. The summed E-state index contributed by atoms with van der Waals surface area (Å²) in [7, 11) is -3.75. The first-order chi connectivity index (χ1) is 38.4. The van der Waals surface area contributed by atoms with E-state index in [2.05, 4.69) is 26.1 Å². The molecule has 20 heteroatoms. The van der Waals surface area contributed by atoms with Crippen LogP contribution >= 0.6 is 0 Å². The number of carbonyl (C=O) groups is 5. The molecule has 1 aromatic heterocycles. The summed E-state index contributed by atoms with van der Waals surface area (Å²) in [5.41, 5.74) is 1.70. The van der Waals surface area contributed by atoms with Crippen molar-refractivity contribution >= 4 is 50.4 Å². The Morgan fingerprint density at radius 3 is 2.04 bits per heavy atom. The minimum absolute atomic E-state index is 0.0228. The number of hydrogen-bond donors (Lipinski definition) is 4. The van der Waals surface area contributed by atoms with Crippen LogP contribution in [0.5, 0.6) is 5.75 Å². The highest BCUT2D eigenvalue weighted by atomic mass is 32.2. The smallest absolute Gasteiger partial charge is 0.325 e. The van der Waals surface area contributed by atoms with Gasteiger partial charge in [-0.25, -0.2) is 17.9 Å². The molecule has 18 nitrogen and oxygen atoms in total. The maximum atomic E-state index is 15.0. The van der Waals surface area contributed by atoms with Crippen molar-refractivity contribution in [1.82, 2.24) is 40.3 Å². The second-order valence-electron chi connectivity index (χ2n) is 21.5. The number of aromatic amines is 1. The lowest BCUT2D eigenvalue weighted by Crippen LogP contribution is -2.50. The first-order valence-electron chi connectivity index (χ1n) is 28.1. The number of piperazine rings is 1. The van der Waals surface area contributed by atoms with Gasteiger partial charge in [-0.3, -0.25) is 28.8 Å². The highest BCUT2D eigenvalue weighted by Gasteiger charge is 2.31. The number of esters is 1. The number of aromatic nitrogens is 2. The van der Waals surface area contributed by atoms with Crippen molar-refractivity contribution in [2.24, 2.45) is 0 Å². The maximum Gasteiger partial charge on any atom is 0.325 e. The fourth-order valence-corrected chi connectivity index (χ4v) is 11.5. The van der Waals surface area contributed by atoms with Gasteiger partial charge in [0.2, 0.25) is 21.8 Å². The molecule has 0 aliphatic carbocycles. The third-order valence-electron chi connectivity index (χ3n) is 14.4. The van der Waals surface area contributed by atoms with E-state index in [1.54, 1.807) is 54.8 Å². The topological polar surface area (TPSA) is 230 Å². The van der Waals surface area contributed by atoms with Crippen LogP contribution in [0.2, 0.25) is 0 Å². The third-order valence-corrected chi connectivity index (χ3v) is 16.3. The van der Waals surface area contributed by atoms with Gasteiger partial charge in [0.05, 0.1) is 21.5 Å². The zero-order valence-electron chi connectivity index (χ0n) is 46.4. The van der Waals surface area contributed by atoms with Crippen LogP contribution in [0.25, 0.3) is 10.8 Å². The van der Waals surface area contributed by atoms with Crippen LogP contribution in [-0.4, -0.2) is 140 Å². The summed E-state index contributed by atoms with van der Waals surface area (Å²) in [6, 6.07) is 25.2. The Hall–Kier alpha value is -7.03. The highest BCUT2D eigenvalue weighted by Crippen LogP contribution is 2.32. The van der Waals surface area contributed by atoms with Crippen LogP contribution in [0, 0.1) is 5.82 Å². The van der Waals surface area contributed by atoms with Crippen LogP contribution in [0.15, 0.2) is 101 Å². The van der Waals surface area contributed by atoms with E-state index in [1.165, 1.54) is 34.6 Å². The fourth-order valence-electron chi connectivity index (χ4n) is 10.0. The van der Waals surface area contributed by atoms with Crippen LogP contribution < -0.4 is 26.2 Å². The van der Waals surface area contributed by atoms with E-state index in [0.29, 0.717) is 120 Å². The standard InChI is InChI=1S/C60H77FN8O10S/c1-60(2,3)79-56(72)42-64-57(73)46-21-25-48(26-22-46)80(76,77)69-33-28-45(29-34-69)44-19-23-47(24-20-44)78-39-32-62-30-31-63-54(70)16-10-8-6-4-5-7-9-11-17-55(71)67-35-37-68(38-36-67)59(75)51-40-43(18-27-52(51)61)41-53-49-14-12-13-15-50(49)58(74)66-65-53/h12-15,18-27,40,45,62H,4-11,16-17,28-39,41-42H2,1-3H3,(H,63,70)(H,64,73)(H,66,74). The molecule has 5 aromatic rings. The molecular weight excluding hydrogens is 1040 g/mol. The van der Waals surface area contributed by atoms with Crippen LogP contribution in [-0.2, 0) is 35.6 Å². The molecule has 3 heterocycles. The van der Waals surface area contributed by atoms with Gasteiger partial charge in [-0.1, -0.05) is 74.9 Å². The van der Waals surface area contributed by atoms with E-state index < -0.39 is 39.2 Å². The van der Waals surface area contributed by atoms with E-state index in [0.717, 1.165) is 62.7 Å². The molecule has 0 spiro atoms. The molecule has 430 valence electrons. The number of sulfonamides is 1. The van der Waals surface area contributed by atoms with Crippen molar-refractivity contribution in [3.05, 3.63) is 135 Å². The number of hydrogen-bond acceptors (Lipinski definition) is 12. The molecule has 0 saturated carbocycles. The number of carbonyl (C=O) groups excluding carboxylic acids is 5. The van der Waals surface area contributed by atoms with Gasteiger partial charge in [-0.05, 0) is 118 Å². The number of benzene rings is 4. The van der Waals surface area contributed by atoms with Crippen molar-refractivity contribution in [2.45, 2.75) is 121 Å². The lowest BCUT2D eigenvalue weighted by Gasteiger charge is -2.35. The van der Waals surface area contributed by atoms with E-state index in [1.807, 2.05) is 36.4 Å². The van der Waals surface area contributed by atoms with Gasteiger partial charge in [-0.2, -0.15) is 9.40 Å². The van der Waals surface area contributed by atoms with Gasteiger partial charge < -0.3 is 35.2 Å². The molecule has 0 atom stereocenters. The molecular formula is C60H77FN8O10S. The first kappa shape index (κ1) is 60.6. The van der Waals surface area contributed by atoms with Crippen LogP contribution in [0.3, 0.4) is 0 Å². The summed E-state index contributed by atoms with van der Waals surface area (Å²) in [5.74, 6) is -1.01. The minimum Gasteiger partial charge on any atom is -0.492 e. The van der Waals surface area contributed by atoms with Gasteiger partial charge in [-0.15, -0.1) is 0 Å². The van der Waals surface area contributed by atoms with E-state index in [4.69, 9.17) is 9.47 Å². The number of fused-ring (bicyclic) bond motifs is 1. The molecule has 0 unspecified atom stereocenters. The Labute approximate surface area is 468 Å². The first-order valence-corrected chi connectivity index (χ1v) is 29.5. The molecule has 2 fully saturated rings. The average molecular weight is 1120 g/mol. The van der Waals surface area contributed by atoms with Crippen molar-refractivity contribution in [3.63, 3.8) is 0 Å². The molecule has 0 bridgehead atoms. The lowest BCUT2D eigenvalue weighted by atomic mass is 9.90. The molecule has 80 heavy (non-hydrogen) atoms. The average Bonchev–Trinajstić information content (AvgIpc) is 3.45. The Bertz CT molecular complexity index is 3060. The number of amides is 4. The lowest BCUT2D eigenvalue weighted by molar-refractivity contribution is -0.153. The number of halogens is 1. The number of nitrogens with zero attached hydrogens (tertiary/aromatic N) is 4. The predicted molar refractivity (Wildman–Crippen MR) is 303 cm³/mol. The zero-order chi connectivity index (χ0) is 57.1. The molecule has 4 amide bonds. The van der Waals surface area contributed by atoms with Crippen LogP contribution in [0.4, 0.5) is 4.39 Å². The van der Waals surface area contributed by atoms with Crippen molar-refractivity contribution < 1.29 is 46.3 Å². The van der Waals surface area contributed by atoms with Gasteiger partial charge in [0.15, 0.2) is 0 Å². The molecule has 4 aromatic carbocycles. The van der Waals surface area contributed by atoms with Gasteiger partial charge in [0, 0.05) is 89.1 Å². The summed E-state index contributed by atoms with van der Waals surface area (Å²) in [6.45, 7) is 9.37. The number of H-pyrrole nitrogens is 1. The van der Waals surface area contributed by atoms with Crippen molar-refractivity contribution in [2.75, 3.05) is 72.1 Å². The zero-order valence-corrected chi connectivity index (χ0v) is 47.2. The Morgan fingerprint density at radius 1 is 0.725 bits per heavy atom. The van der Waals surface area contributed by atoms with Crippen LogP contribution in [0.1, 0.15) is 141 Å². The van der Waals surface area contributed by atoms with E-state index >= 15 is 0 Å². The van der Waals surface area contributed by atoms with E-state index in [9.17, 15) is 41.6 Å². The second-order valence-corrected chi connectivity index (χ2v) is 23.5. The Balaban J connectivity index is 0.658. The minimum atomic E-state index is -3.75. The summed E-state index contributed by atoms with van der Waals surface area (Å²) >= 11 is 0. The number of piperidine rings is 1. The molecule has 4 N–H and O–H groups in total. The maximum absolute atomic E-state index is 15.0. The Morgan fingerprint density at radius 2 is 1.36 bits per heavy atom. The largest absolute Gasteiger partial charge is 0.492 e. The summed E-state index contributed by atoms with van der Waals surface area (Å²) in [5, 5.41) is 16.7. The molecule has 2 aliphatic heterocycles. The highest BCUT2D eigenvalue weighted by molar-refractivity contribution is 7.89. The van der Waals surface area contributed by atoms with Gasteiger partial charge in [0.25, 0.3) is 17.4 Å². The normalized spacial score (nSPS) is 14.4. The molecule has 7 rings (SSSR count). The summed E-state index contributed by atoms with van der Waals surface area (Å²) in [6.07, 6.45) is 10.5. The second kappa shape index (κ2) is 29.4. The van der Waals surface area contributed by atoms with Gasteiger partial charge in [0.1, 0.15) is 30.3 Å². The number of ether oxygens (including phenoxy) is 2. The monoisotopic (exact) mass is 1120 g/mol. The Kier molecular flexibility index (Phi) is 22.3. The summed E-state index contributed by atoms with van der Waals surface area (Å²) in [4.78, 5) is 79.0. The third kappa shape index (κ3) is 18.0. The van der Waals surface area contributed by atoms with E-state index in [-0.39, 0.29) is 45.9 Å². The fraction of sp³-hybridized carbons (Fsp3) is 0.483. The molecule has 2 saturated heterocycles. The van der Waals surface area contributed by atoms with Gasteiger partial charge >= 0.3 is 5.97 Å². The molecule has 0 radical (unpaired) electrons. The predicted octanol–water partition coefficient (Wildman–Crippen LogP) is 7.26. The quantitative estimate of drug-likeness (QED) is 0.0301.